The van der Waals surface area contributed by atoms with E-state index in [9.17, 15) is 4.79 Å². The zero-order chi connectivity index (χ0) is 20.6. The molecule has 1 N–H and O–H groups in total. The Bertz CT molecular complexity index is 860. The Kier molecular flexibility index (Phi) is 7.20. The summed E-state index contributed by atoms with van der Waals surface area (Å²) in [6, 6.07) is 27.0. The molecule has 0 aliphatic rings. The number of anilines is 1. The Morgan fingerprint density at radius 3 is 1.72 bits per heavy atom. The van der Waals surface area contributed by atoms with Crippen LogP contribution in [-0.2, 0) is 17.6 Å². The van der Waals surface area contributed by atoms with Crippen molar-refractivity contribution in [1.29, 1.82) is 0 Å². The highest BCUT2D eigenvalue weighted by Crippen LogP contribution is 2.28. The first-order chi connectivity index (χ1) is 14.1. The summed E-state index contributed by atoms with van der Waals surface area (Å²) in [5.74, 6) is 0.0139. The Hall–Kier alpha value is -2.91. The largest absolute Gasteiger partial charge is 0.324 e. The molecule has 3 aromatic rings. The van der Waals surface area contributed by atoms with E-state index in [1.165, 1.54) is 22.3 Å². The standard InChI is InChI=1S/C26H30N2O/c1-4-20-17-12-18-21(5-2)25(20)27-24(29)19-28(3)26(22-13-8-6-9-14-22)23-15-10-7-11-16-23/h6-18,26H,4-5,19H2,1-3H3,(H,27,29). The van der Waals surface area contributed by atoms with Gasteiger partial charge in [0.15, 0.2) is 0 Å². The average molecular weight is 387 g/mol. The van der Waals surface area contributed by atoms with E-state index in [0.717, 1.165) is 18.5 Å². The molecule has 150 valence electrons. The van der Waals surface area contributed by atoms with E-state index in [0.29, 0.717) is 6.54 Å². The second kappa shape index (κ2) is 10.0. The van der Waals surface area contributed by atoms with Crippen LogP contribution in [0, 0.1) is 0 Å². The second-order valence-electron chi connectivity index (χ2n) is 7.35. The molecule has 29 heavy (non-hydrogen) atoms. The summed E-state index contributed by atoms with van der Waals surface area (Å²) in [5.41, 5.74) is 5.70. The molecule has 0 aliphatic heterocycles. The van der Waals surface area contributed by atoms with Crippen molar-refractivity contribution >= 4 is 11.6 Å². The summed E-state index contributed by atoms with van der Waals surface area (Å²) < 4.78 is 0. The SMILES string of the molecule is CCc1cccc(CC)c1NC(=O)CN(C)C(c1ccccc1)c1ccccc1. The molecule has 3 nitrogen and oxygen atoms in total. The monoisotopic (exact) mass is 386 g/mol. The van der Waals surface area contributed by atoms with Gasteiger partial charge in [-0.25, -0.2) is 0 Å². The van der Waals surface area contributed by atoms with Crippen molar-refractivity contribution < 1.29 is 4.79 Å². The van der Waals surface area contributed by atoms with Gasteiger partial charge >= 0.3 is 0 Å². The summed E-state index contributed by atoms with van der Waals surface area (Å²) >= 11 is 0. The summed E-state index contributed by atoms with van der Waals surface area (Å²) in [6.07, 6.45) is 1.80. The van der Waals surface area contributed by atoms with Gasteiger partial charge in [-0.05, 0) is 42.1 Å². The Labute approximate surface area is 174 Å². The van der Waals surface area contributed by atoms with Gasteiger partial charge in [-0.3, -0.25) is 9.69 Å². The van der Waals surface area contributed by atoms with Gasteiger partial charge < -0.3 is 5.32 Å². The van der Waals surface area contributed by atoms with Gasteiger partial charge in [0.2, 0.25) is 5.91 Å². The average Bonchev–Trinajstić information content (AvgIpc) is 2.75. The number of nitrogens with zero attached hydrogens (tertiary/aromatic N) is 1. The van der Waals surface area contributed by atoms with E-state index >= 15 is 0 Å². The highest BCUT2D eigenvalue weighted by atomic mass is 16.2. The molecule has 0 aromatic heterocycles. The van der Waals surface area contributed by atoms with E-state index in [1.54, 1.807) is 0 Å². The van der Waals surface area contributed by atoms with Crippen LogP contribution < -0.4 is 5.32 Å². The lowest BCUT2D eigenvalue weighted by Gasteiger charge is -2.29. The molecule has 0 heterocycles. The molecule has 3 rings (SSSR count). The van der Waals surface area contributed by atoms with Crippen molar-refractivity contribution in [3.8, 4) is 0 Å². The normalized spacial score (nSPS) is 11.1. The van der Waals surface area contributed by atoms with Crippen molar-refractivity contribution in [2.45, 2.75) is 32.7 Å². The third kappa shape index (κ3) is 5.12. The number of benzene rings is 3. The van der Waals surface area contributed by atoms with E-state index in [2.05, 4.69) is 66.5 Å². The summed E-state index contributed by atoms with van der Waals surface area (Å²) in [5, 5.41) is 3.19. The lowest BCUT2D eigenvalue weighted by molar-refractivity contribution is -0.117. The molecule has 0 saturated heterocycles. The maximum atomic E-state index is 13.0. The molecule has 0 aliphatic carbocycles. The molecular weight excluding hydrogens is 356 g/mol. The minimum absolute atomic E-state index is 0.0139. The highest BCUT2D eigenvalue weighted by molar-refractivity contribution is 5.94. The minimum Gasteiger partial charge on any atom is -0.324 e. The minimum atomic E-state index is 0.0139. The van der Waals surface area contributed by atoms with E-state index in [-0.39, 0.29) is 11.9 Å². The molecular formula is C26H30N2O. The zero-order valence-electron chi connectivity index (χ0n) is 17.6. The van der Waals surface area contributed by atoms with E-state index in [4.69, 9.17) is 0 Å². The first kappa shape index (κ1) is 20.8. The maximum absolute atomic E-state index is 13.0. The van der Waals surface area contributed by atoms with Crippen LogP contribution in [0.15, 0.2) is 78.9 Å². The van der Waals surface area contributed by atoms with Crippen LogP contribution in [0.4, 0.5) is 5.69 Å². The summed E-state index contributed by atoms with van der Waals surface area (Å²) in [6.45, 7) is 4.56. The Morgan fingerprint density at radius 2 is 1.28 bits per heavy atom. The molecule has 0 radical (unpaired) electrons. The van der Waals surface area contributed by atoms with Crippen LogP contribution in [0.2, 0.25) is 0 Å². The number of likely N-dealkylation sites (N-methyl/N-ethyl adjacent to an activating group) is 1. The molecule has 1 amide bonds. The number of hydrogen-bond acceptors (Lipinski definition) is 2. The van der Waals surface area contributed by atoms with Gasteiger partial charge in [0.25, 0.3) is 0 Å². The number of aryl methyl sites for hydroxylation is 2. The van der Waals surface area contributed by atoms with Crippen LogP contribution in [0.3, 0.4) is 0 Å². The van der Waals surface area contributed by atoms with Crippen LogP contribution in [-0.4, -0.2) is 24.4 Å². The molecule has 0 unspecified atom stereocenters. The molecule has 0 atom stereocenters. The number of hydrogen-bond donors (Lipinski definition) is 1. The fraction of sp³-hybridized carbons (Fsp3) is 0.269. The molecule has 0 spiro atoms. The number of para-hydroxylation sites is 1. The Balaban J connectivity index is 1.82. The van der Waals surface area contributed by atoms with Gasteiger partial charge in [-0.1, -0.05) is 92.7 Å². The fourth-order valence-corrected chi connectivity index (χ4v) is 3.87. The number of rotatable bonds is 8. The van der Waals surface area contributed by atoms with Gasteiger partial charge in [-0.15, -0.1) is 0 Å². The van der Waals surface area contributed by atoms with Gasteiger partial charge in [0.1, 0.15) is 0 Å². The lowest BCUT2D eigenvalue weighted by atomic mass is 9.97. The number of carbonyl (C=O) groups is 1. The van der Waals surface area contributed by atoms with Gasteiger partial charge in [-0.2, -0.15) is 0 Å². The molecule has 0 bridgehead atoms. The predicted octanol–water partition coefficient (Wildman–Crippen LogP) is 5.47. The summed E-state index contributed by atoms with van der Waals surface area (Å²) in [7, 11) is 2.01. The van der Waals surface area contributed by atoms with Crippen LogP contribution in [0.1, 0.15) is 42.1 Å². The molecule has 3 aromatic carbocycles. The Morgan fingerprint density at radius 1 is 0.793 bits per heavy atom. The van der Waals surface area contributed by atoms with Crippen molar-refractivity contribution in [2.75, 3.05) is 18.9 Å². The molecule has 0 fully saturated rings. The highest BCUT2D eigenvalue weighted by Gasteiger charge is 2.21. The number of carbonyl (C=O) groups excluding carboxylic acids is 1. The number of nitrogens with one attached hydrogen (secondary N) is 1. The first-order valence-electron chi connectivity index (χ1n) is 10.3. The summed E-state index contributed by atoms with van der Waals surface area (Å²) in [4.78, 5) is 15.1. The third-order valence-electron chi connectivity index (χ3n) is 5.33. The lowest BCUT2D eigenvalue weighted by Crippen LogP contribution is -2.34. The fourth-order valence-electron chi connectivity index (χ4n) is 3.87. The molecule has 0 saturated carbocycles. The van der Waals surface area contributed by atoms with Crippen LogP contribution in [0.25, 0.3) is 0 Å². The quantitative estimate of drug-likeness (QED) is 0.557. The number of amides is 1. The second-order valence-corrected chi connectivity index (χ2v) is 7.35. The first-order valence-corrected chi connectivity index (χ1v) is 10.3. The van der Waals surface area contributed by atoms with Crippen molar-refractivity contribution in [3.63, 3.8) is 0 Å². The molecule has 3 heteroatoms. The van der Waals surface area contributed by atoms with Crippen LogP contribution in [0.5, 0.6) is 0 Å². The van der Waals surface area contributed by atoms with Crippen molar-refractivity contribution in [2.24, 2.45) is 0 Å². The van der Waals surface area contributed by atoms with Crippen molar-refractivity contribution in [1.82, 2.24) is 4.90 Å². The zero-order valence-corrected chi connectivity index (χ0v) is 17.6. The van der Waals surface area contributed by atoms with E-state index < -0.39 is 0 Å². The van der Waals surface area contributed by atoms with Gasteiger partial charge in [0, 0.05) is 5.69 Å². The topological polar surface area (TPSA) is 32.3 Å². The third-order valence-corrected chi connectivity index (χ3v) is 5.33. The van der Waals surface area contributed by atoms with Crippen molar-refractivity contribution in [3.05, 3.63) is 101 Å². The van der Waals surface area contributed by atoms with Gasteiger partial charge in [0.05, 0.1) is 12.6 Å². The maximum Gasteiger partial charge on any atom is 0.238 e. The predicted molar refractivity (Wildman–Crippen MR) is 121 cm³/mol. The van der Waals surface area contributed by atoms with Crippen LogP contribution >= 0.6 is 0 Å². The smallest absolute Gasteiger partial charge is 0.238 e. The van der Waals surface area contributed by atoms with E-state index in [1.807, 2.05) is 43.4 Å².